The highest BCUT2D eigenvalue weighted by Crippen LogP contribution is 2.33. The summed E-state index contributed by atoms with van der Waals surface area (Å²) in [5, 5.41) is 7.62. The Morgan fingerprint density at radius 2 is 1.79 bits per heavy atom. The van der Waals surface area contributed by atoms with E-state index < -0.39 is 6.43 Å². The van der Waals surface area contributed by atoms with Crippen LogP contribution in [0.4, 0.5) is 8.78 Å². The van der Waals surface area contributed by atoms with Crippen LogP contribution in [-0.2, 0) is 13.7 Å². The highest BCUT2D eigenvalue weighted by molar-refractivity contribution is 5.83. The van der Waals surface area contributed by atoms with Crippen LogP contribution in [0.1, 0.15) is 17.6 Å². The lowest BCUT2D eigenvalue weighted by Crippen LogP contribution is -2.13. The Hall–Kier alpha value is -4.33. The van der Waals surface area contributed by atoms with Crippen LogP contribution in [0.15, 0.2) is 83.9 Å². The third kappa shape index (κ3) is 4.17. The Kier molecular flexibility index (Phi) is 5.63. The van der Waals surface area contributed by atoms with E-state index in [-0.39, 0.29) is 23.4 Å². The molecular weight excluding hydrogens is 438 g/mol. The zero-order valence-electron chi connectivity index (χ0n) is 18.2. The normalized spacial score (nSPS) is 11.3. The summed E-state index contributed by atoms with van der Waals surface area (Å²) in [7, 11) is 1.68. The van der Waals surface area contributed by atoms with Crippen molar-refractivity contribution >= 4 is 10.9 Å². The maximum absolute atomic E-state index is 13.7. The van der Waals surface area contributed by atoms with Crippen molar-refractivity contribution in [2.75, 3.05) is 0 Å². The summed E-state index contributed by atoms with van der Waals surface area (Å²) in [5.74, 6) is 0.402. The van der Waals surface area contributed by atoms with E-state index in [9.17, 15) is 13.6 Å². The summed E-state index contributed by atoms with van der Waals surface area (Å²) >= 11 is 0. The summed E-state index contributed by atoms with van der Waals surface area (Å²) in [5.41, 5.74) is 3.71. The van der Waals surface area contributed by atoms with Crippen molar-refractivity contribution in [3.05, 3.63) is 101 Å². The molecule has 0 bridgehead atoms. The Balaban J connectivity index is 1.37. The number of pyridine rings is 2. The fourth-order valence-electron chi connectivity index (χ4n) is 3.79. The second-order valence-electron chi connectivity index (χ2n) is 7.88. The molecule has 0 spiro atoms. The third-order valence-electron chi connectivity index (χ3n) is 5.59. The van der Waals surface area contributed by atoms with E-state index in [1.807, 2.05) is 24.3 Å². The minimum atomic E-state index is -2.63. The molecule has 2 aromatic carbocycles. The third-order valence-corrected chi connectivity index (χ3v) is 5.59. The maximum Gasteiger partial charge on any atom is 0.265 e. The standard InChI is InChI=1S/C26H20F2N4O2/c1-32-14-19(10-11-23(32)33)21-13-29-31-26(21)34-15-16-6-8-17(9-7-16)24-20(25(27)28)12-18-4-2-3-5-22(18)30-24/h2-14,25H,15H2,1H3,(H,29,31). The lowest BCUT2D eigenvalue weighted by atomic mass is 10.0. The first-order valence-electron chi connectivity index (χ1n) is 10.6. The fourth-order valence-corrected chi connectivity index (χ4v) is 3.79. The molecular formula is C26H20F2N4O2. The van der Waals surface area contributed by atoms with E-state index in [2.05, 4.69) is 15.2 Å². The molecule has 6 nitrogen and oxygen atoms in total. The Labute approximate surface area is 193 Å². The van der Waals surface area contributed by atoms with Gasteiger partial charge in [0.05, 0.1) is 16.8 Å². The largest absolute Gasteiger partial charge is 0.471 e. The number of hydrogen-bond acceptors (Lipinski definition) is 4. The van der Waals surface area contributed by atoms with Gasteiger partial charge in [-0.05, 0) is 23.8 Å². The number of aryl methyl sites for hydroxylation is 1. The van der Waals surface area contributed by atoms with Crippen molar-refractivity contribution in [3.63, 3.8) is 0 Å². The van der Waals surface area contributed by atoms with Crippen molar-refractivity contribution in [2.45, 2.75) is 13.0 Å². The molecule has 0 unspecified atom stereocenters. The molecule has 0 radical (unpaired) electrons. The molecule has 8 heteroatoms. The molecule has 3 heterocycles. The van der Waals surface area contributed by atoms with Crippen LogP contribution in [-0.4, -0.2) is 19.7 Å². The lowest BCUT2D eigenvalue weighted by molar-refractivity contribution is 0.152. The number of ether oxygens (including phenoxy) is 1. The first kappa shape index (κ1) is 21.5. The average Bonchev–Trinajstić information content (AvgIpc) is 3.32. The number of benzene rings is 2. The number of rotatable bonds is 6. The van der Waals surface area contributed by atoms with Gasteiger partial charge >= 0.3 is 0 Å². The number of hydrogen-bond donors (Lipinski definition) is 1. The van der Waals surface area contributed by atoms with E-state index in [1.54, 1.807) is 49.8 Å². The molecule has 1 N–H and O–H groups in total. The zero-order valence-corrected chi connectivity index (χ0v) is 18.2. The molecule has 0 aliphatic rings. The minimum absolute atomic E-state index is 0.0962. The van der Waals surface area contributed by atoms with Gasteiger partial charge in [0.25, 0.3) is 6.43 Å². The van der Waals surface area contributed by atoms with Crippen molar-refractivity contribution in [3.8, 4) is 28.3 Å². The van der Waals surface area contributed by atoms with Crippen LogP contribution in [0.5, 0.6) is 5.88 Å². The molecule has 170 valence electrons. The van der Waals surface area contributed by atoms with Crippen molar-refractivity contribution in [1.29, 1.82) is 0 Å². The number of alkyl halides is 2. The predicted molar refractivity (Wildman–Crippen MR) is 126 cm³/mol. The lowest BCUT2D eigenvalue weighted by Gasteiger charge is -2.11. The zero-order chi connectivity index (χ0) is 23.7. The maximum atomic E-state index is 13.7. The molecule has 3 aromatic heterocycles. The van der Waals surface area contributed by atoms with Crippen LogP contribution in [0.3, 0.4) is 0 Å². The molecule has 0 atom stereocenters. The number of nitrogens with one attached hydrogen (secondary N) is 1. The van der Waals surface area contributed by atoms with Gasteiger partial charge in [-0.2, -0.15) is 0 Å². The Morgan fingerprint density at radius 3 is 2.56 bits per heavy atom. The number of H-pyrrole nitrogens is 1. The SMILES string of the molecule is Cn1cc(-c2c[nH]nc2OCc2ccc(-c3nc4ccccc4cc3C(F)F)cc2)ccc1=O. The van der Waals surface area contributed by atoms with Gasteiger partial charge in [-0.1, -0.05) is 42.5 Å². The number of fused-ring (bicyclic) bond motifs is 1. The van der Waals surface area contributed by atoms with Crippen molar-refractivity contribution in [1.82, 2.24) is 19.7 Å². The van der Waals surface area contributed by atoms with Crippen molar-refractivity contribution in [2.24, 2.45) is 7.05 Å². The van der Waals surface area contributed by atoms with Crippen molar-refractivity contribution < 1.29 is 13.5 Å². The van der Waals surface area contributed by atoms with Gasteiger partial charge in [0, 0.05) is 47.6 Å². The Bertz CT molecular complexity index is 1520. The van der Waals surface area contributed by atoms with E-state index >= 15 is 0 Å². The molecule has 5 aromatic rings. The van der Waals surface area contributed by atoms with Gasteiger partial charge < -0.3 is 9.30 Å². The van der Waals surface area contributed by atoms with Gasteiger partial charge in [-0.25, -0.2) is 13.8 Å². The van der Waals surface area contributed by atoms with Gasteiger partial charge in [0.2, 0.25) is 11.4 Å². The molecule has 5 rings (SSSR count). The number of aromatic amines is 1. The summed E-state index contributed by atoms with van der Waals surface area (Å²) < 4.78 is 34.8. The average molecular weight is 458 g/mol. The molecule has 0 aliphatic carbocycles. The molecule has 0 amide bonds. The van der Waals surface area contributed by atoms with Crippen LogP contribution >= 0.6 is 0 Å². The number of para-hydroxylation sites is 1. The number of halogens is 2. The van der Waals surface area contributed by atoms with Crippen LogP contribution < -0.4 is 10.3 Å². The second-order valence-corrected chi connectivity index (χ2v) is 7.88. The second kappa shape index (κ2) is 8.90. The molecule has 0 saturated heterocycles. The van der Waals surface area contributed by atoms with Gasteiger partial charge in [0.15, 0.2) is 0 Å². The summed E-state index contributed by atoms with van der Waals surface area (Å²) in [6.07, 6.45) is 0.785. The minimum Gasteiger partial charge on any atom is -0.471 e. The first-order chi connectivity index (χ1) is 16.5. The van der Waals surface area contributed by atoms with Gasteiger partial charge in [-0.15, -0.1) is 5.10 Å². The van der Waals surface area contributed by atoms with Crippen LogP contribution in [0, 0.1) is 0 Å². The molecule has 0 aliphatic heterocycles. The summed E-state index contributed by atoms with van der Waals surface area (Å²) in [6, 6.07) is 19.1. The topological polar surface area (TPSA) is 72.8 Å². The smallest absolute Gasteiger partial charge is 0.265 e. The van der Waals surface area contributed by atoms with E-state index in [0.29, 0.717) is 22.3 Å². The summed E-state index contributed by atoms with van der Waals surface area (Å²) in [4.78, 5) is 16.1. The number of nitrogens with zero attached hydrogens (tertiary/aromatic N) is 3. The fraction of sp³-hybridized carbons (Fsp3) is 0.115. The van der Waals surface area contributed by atoms with Crippen LogP contribution in [0.2, 0.25) is 0 Å². The number of aromatic nitrogens is 4. The van der Waals surface area contributed by atoms with Gasteiger partial charge in [-0.3, -0.25) is 9.89 Å². The van der Waals surface area contributed by atoms with Gasteiger partial charge in [0.1, 0.15) is 6.61 Å². The molecule has 34 heavy (non-hydrogen) atoms. The predicted octanol–water partition coefficient (Wildman–Crippen LogP) is 5.51. The van der Waals surface area contributed by atoms with Crippen LogP contribution in [0.25, 0.3) is 33.3 Å². The highest BCUT2D eigenvalue weighted by atomic mass is 19.3. The Morgan fingerprint density at radius 1 is 1.03 bits per heavy atom. The first-order valence-corrected chi connectivity index (χ1v) is 10.6. The highest BCUT2D eigenvalue weighted by Gasteiger charge is 2.17. The van der Waals surface area contributed by atoms with E-state index in [4.69, 9.17) is 4.74 Å². The quantitative estimate of drug-likeness (QED) is 0.364. The summed E-state index contributed by atoms with van der Waals surface area (Å²) in [6.45, 7) is 0.233. The van der Waals surface area contributed by atoms with E-state index in [0.717, 1.165) is 16.7 Å². The molecule has 0 fully saturated rings. The monoisotopic (exact) mass is 458 g/mol. The van der Waals surface area contributed by atoms with E-state index in [1.165, 1.54) is 16.7 Å². The molecule has 0 saturated carbocycles.